The van der Waals surface area contributed by atoms with Crippen LogP contribution in [0.4, 0.5) is 11.8 Å². The van der Waals surface area contributed by atoms with Crippen molar-refractivity contribution >= 4 is 21.8 Å². The van der Waals surface area contributed by atoms with Crippen LogP contribution in [0.25, 0.3) is 0 Å². The van der Waals surface area contributed by atoms with Crippen LogP contribution < -0.4 is 23.8 Å². The van der Waals surface area contributed by atoms with Crippen LogP contribution in [0.15, 0.2) is 54.6 Å². The summed E-state index contributed by atoms with van der Waals surface area (Å²) in [5.41, 5.74) is 0.891. The zero-order chi connectivity index (χ0) is 26.1. The number of aliphatic hydroxyl groups is 1. The van der Waals surface area contributed by atoms with E-state index in [0.29, 0.717) is 44.2 Å². The molecule has 37 heavy (non-hydrogen) atoms. The predicted molar refractivity (Wildman–Crippen MR) is 138 cm³/mol. The molecule has 11 nitrogen and oxygen atoms in total. The van der Waals surface area contributed by atoms with Gasteiger partial charge < -0.3 is 29.0 Å². The van der Waals surface area contributed by atoms with Crippen LogP contribution in [0.1, 0.15) is 5.56 Å². The number of benzene rings is 2. The Balaban J connectivity index is 1.72. The Morgan fingerprint density at radius 1 is 1.03 bits per heavy atom. The molecule has 1 fully saturated rings. The van der Waals surface area contributed by atoms with Crippen molar-refractivity contribution in [1.82, 2.24) is 9.97 Å². The molecule has 3 aromatic rings. The number of morpholine rings is 1. The predicted octanol–water partition coefficient (Wildman–Crippen LogP) is 2.47. The molecule has 1 aliphatic heterocycles. The smallest absolute Gasteiger partial charge is 0.265 e. The van der Waals surface area contributed by atoms with E-state index >= 15 is 0 Å². The molecule has 1 saturated heterocycles. The molecule has 0 bridgehead atoms. The summed E-state index contributed by atoms with van der Waals surface area (Å²) in [4.78, 5) is 10.9. The molecule has 0 amide bonds. The molecule has 2 aromatic carbocycles. The van der Waals surface area contributed by atoms with Gasteiger partial charge in [-0.25, -0.2) is 8.42 Å². The van der Waals surface area contributed by atoms with Gasteiger partial charge in [-0.2, -0.15) is 9.97 Å². The lowest BCUT2D eigenvalue weighted by atomic mass is 10.2. The zero-order valence-electron chi connectivity index (χ0n) is 20.5. The standard InChI is InChI=1S/C25H30N4O7S/c1-33-20-9-5-6-10-21(20)36-22-23(28-37(31,32)18-11-19-7-3-2-4-8-19)26-25(27-24(22)35-17-14-30)29-12-15-34-16-13-29/h2-10,30H,11-18H2,1H3,(H,26,27,28). The van der Waals surface area contributed by atoms with E-state index in [9.17, 15) is 13.5 Å². The lowest BCUT2D eigenvalue weighted by molar-refractivity contribution is 0.122. The van der Waals surface area contributed by atoms with Crippen LogP contribution in [0.5, 0.6) is 23.1 Å². The van der Waals surface area contributed by atoms with Crippen LogP contribution in [0, 0.1) is 0 Å². The van der Waals surface area contributed by atoms with Crippen LogP contribution in [0.2, 0.25) is 0 Å². The first-order chi connectivity index (χ1) is 18.0. The summed E-state index contributed by atoms with van der Waals surface area (Å²) in [6.07, 6.45) is 0.314. The summed E-state index contributed by atoms with van der Waals surface area (Å²) in [7, 11) is -2.35. The van der Waals surface area contributed by atoms with E-state index in [1.807, 2.05) is 35.2 Å². The van der Waals surface area contributed by atoms with Gasteiger partial charge in [0.1, 0.15) is 6.61 Å². The maximum Gasteiger partial charge on any atom is 0.265 e. The summed E-state index contributed by atoms with van der Waals surface area (Å²) in [5, 5.41) is 9.37. The second kappa shape index (κ2) is 12.6. The molecule has 198 valence electrons. The third kappa shape index (κ3) is 7.21. The summed E-state index contributed by atoms with van der Waals surface area (Å²) < 4.78 is 51.4. The van der Waals surface area contributed by atoms with Crippen molar-refractivity contribution < 1.29 is 32.5 Å². The molecule has 1 aromatic heterocycles. The highest BCUT2D eigenvalue weighted by molar-refractivity contribution is 7.92. The highest BCUT2D eigenvalue weighted by Gasteiger charge is 2.26. The van der Waals surface area contributed by atoms with Gasteiger partial charge >= 0.3 is 0 Å². The van der Waals surface area contributed by atoms with Gasteiger partial charge in [-0.1, -0.05) is 42.5 Å². The third-order valence-electron chi connectivity index (χ3n) is 5.48. The Morgan fingerprint density at radius 3 is 2.43 bits per heavy atom. The number of aliphatic hydroxyl groups excluding tert-OH is 1. The number of hydrogen-bond donors (Lipinski definition) is 2. The first-order valence-corrected chi connectivity index (χ1v) is 13.5. The van der Waals surface area contributed by atoms with Crippen molar-refractivity contribution in [2.45, 2.75) is 6.42 Å². The largest absolute Gasteiger partial charge is 0.493 e. The Morgan fingerprint density at radius 2 is 1.73 bits per heavy atom. The maximum atomic E-state index is 13.1. The Bertz CT molecular complexity index is 1270. The molecule has 4 rings (SSSR count). The van der Waals surface area contributed by atoms with E-state index in [2.05, 4.69) is 14.7 Å². The Hall–Kier alpha value is -3.61. The second-order valence-electron chi connectivity index (χ2n) is 8.09. The molecule has 0 atom stereocenters. The minimum Gasteiger partial charge on any atom is -0.493 e. The van der Waals surface area contributed by atoms with E-state index in [4.69, 9.17) is 18.9 Å². The third-order valence-corrected chi connectivity index (χ3v) is 6.73. The first kappa shape index (κ1) is 26.5. The molecular weight excluding hydrogens is 500 g/mol. The molecule has 0 spiro atoms. The molecule has 2 heterocycles. The minimum atomic E-state index is -3.85. The fourth-order valence-electron chi connectivity index (χ4n) is 3.63. The molecule has 12 heteroatoms. The summed E-state index contributed by atoms with van der Waals surface area (Å²) >= 11 is 0. The number of rotatable bonds is 12. The SMILES string of the molecule is COc1ccccc1Oc1c(NS(=O)(=O)CCc2ccccc2)nc(N2CCOCC2)nc1OCCO. The zero-order valence-corrected chi connectivity index (χ0v) is 21.3. The number of methoxy groups -OCH3 is 1. The van der Waals surface area contributed by atoms with Crippen LogP contribution in [0.3, 0.4) is 0 Å². The number of nitrogens with zero attached hydrogens (tertiary/aromatic N) is 3. The van der Waals surface area contributed by atoms with Gasteiger partial charge in [0.05, 0.1) is 32.7 Å². The Kier molecular flexibility index (Phi) is 8.99. The summed E-state index contributed by atoms with van der Waals surface area (Å²) in [6.45, 7) is 1.64. The van der Waals surface area contributed by atoms with E-state index in [1.54, 1.807) is 24.3 Å². The van der Waals surface area contributed by atoms with Crippen molar-refractivity contribution in [3.05, 3.63) is 60.2 Å². The Labute approximate surface area is 216 Å². The van der Waals surface area contributed by atoms with E-state index in [-0.39, 0.29) is 42.4 Å². The van der Waals surface area contributed by atoms with E-state index in [1.165, 1.54) is 7.11 Å². The van der Waals surface area contributed by atoms with Crippen molar-refractivity contribution in [3.63, 3.8) is 0 Å². The number of hydrogen-bond acceptors (Lipinski definition) is 10. The van der Waals surface area contributed by atoms with Crippen molar-refractivity contribution in [3.8, 4) is 23.1 Å². The summed E-state index contributed by atoms with van der Waals surface area (Å²) in [6, 6.07) is 16.2. The number of sulfonamides is 1. The first-order valence-electron chi connectivity index (χ1n) is 11.8. The number of aromatic nitrogens is 2. The molecule has 2 N–H and O–H groups in total. The number of para-hydroxylation sites is 2. The molecular formula is C25H30N4O7S. The maximum absolute atomic E-state index is 13.1. The van der Waals surface area contributed by atoms with E-state index in [0.717, 1.165) is 5.56 Å². The topological polar surface area (TPSA) is 132 Å². The van der Waals surface area contributed by atoms with Gasteiger partial charge in [-0.15, -0.1) is 0 Å². The van der Waals surface area contributed by atoms with Crippen LogP contribution >= 0.6 is 0 Å². The average Bonchev–Trinajstić information content (AvgIpc) is 2.93. The van der Waals surface area contributed by atoms with Gasteiger partial charge in [0, 0.05) is 13.1 Å². The van der Waals surface area contributed by atoms with Gasteiger partial charge in [-0.3, -0.25) is 4.72 Å². The van der Waals surface area contributed by atoms with Crippen LogP contribution in [-0.2, 0) is 21.2 Å². The summed E-state index contributed by atoms with van der Waals surface area (Å²) in [5.74, 6) is 0.676. The highest BCUT2D eigenvalue weighted by atomic mass is 32.2. The number of nitrogens with one attached hydrogen (secondary N) is 1. The van der Waals surface area contributed by atoms with Crippen molar-refractivity contribution in [1.29, 1.82) is 0 Å². The minimum absolute atomic E-state index is 0.0165. The monoisotopic (exact) mass is 530 g/mol. The quantitative estimate of drug-likeness (QED) is 0.360. The highest BCUT2D eigenvalue weighted by Crippen LogP contribution is 2.41. The normalized spacial score (nSPS) is 13.7. The molecule has 0 saturated carbocycles. The molecule has 1 aliphatic rings. The average molecular weight is 531 g/mol. The van der Waals surface area contributed by atoms with Crippen molar-refractivity contribution in [2.24, 2.45) is 0 Å². The number of anilines is 2. The van der Waals surface area contributed by atoms with Crippen molar-refractivity contribution in [2.75, 3.05) is 62.0 Å². The fourth-order valence-corrected chi connectivity index (χ4v) is 4.67. The van der Waals surface area contributed by atoms with Gasteiger partial charge in [0.2, 0.25) is 21.7 Å². The second-order valence-corrected chi connectivity index (χ2v) is 9.93. The lowest BCUT2D eigenvalue weighted by Gasteiger charge is -2.28. The molecule has 0 aliphatic carbocycles. The lowest BCUT2D eigenvalue weighted by Crippen LogP contribution is -2.37. The fraction of sp³-hybridized carbons (Fsp3) is 0.360. The number of aryl methyl sites for hydroxylation is 1. The number of ether oxygens (including phenoxy) is 4. The van der Waals surface area contributed by atoms with Gasteiger partial charge in [-0.05, 0) is 24.1 Å². The molecule has 0 radical (unpaired) electrons. The molecule has 0 unspecified atom stereocenters. The van der Waals surface area contributed by atoms with Gasteiger partial charge in [0.15, 0.2) is 17.3 Å². The van der Waals surface area contributed by atoms with Gasteiger partial charge in [0.25, 0.3) is 5.88 Å². The van der Waals surface area contributed by atoms with E-state index < -0.39 is 10.0 Å². The van der Waals surface area contributed by atoms with Crippen LogP contribution in [-0.4, -0.2) is 75.9 Å².